The van der Waals surface area contributed by atoms with Gasteiger partial charge in [0, 0.05) is 26.3 Å². The van der Waals surface area contributed by atoms with E-state index in [1.807, 2.05) is 0 Å². The Kier molecular flexibility index (Phi) is 8.96. The van der Waals surface area contributed by atoms with Crippen molar-refractivity contribution in [3.05, 3.63) is 24.1 Å². The zero-order valence-corrected chi connectivity index (χ0v) is 13.5. The van der Waals surface area contributed by atoms with Crippen molar-refractivity contribution in [2.75, 3.05) is 32.1 Å². The molecule has 2 rings (SSSR count). The molecule has 0 aliphatic rings. The lowest BCUT2D eigenvalue weighted by molar-refractivity contribution is -0.115. The van der Waals surface area contributed by atoms with E-state index in [0.717, 1.165) is 5.52 Å². The standard InChI is InChI=1S/C13H17N3O3.2ClH/c1-9-15-11-7-10(3-4-12(11)19-9)16-13(17)8-14-5-6-18-2;;/h3-4,7,14H,5-6,8H2,1-2H3,(H,16,17);2*1H. The summed E-state index contributed by atoms with van der Waals surface area (Å²) >= 11 is 0. The Bertz CT molecular complexity index is 575. The van der Waals surface area contributed by atoms with Gasteiger partial charge in [-0.25, -0.2) is 4.98 Å². The third kappa shape index (κ3) is 5.89. The van der Waals surface area contributed by atoms with Crippen LogP contribution in [0, 0.1) is 6.92 Å². The Morgan fingerprint density at radius 1 is 1.38 bits per heavy atom. The Morgan fingerprint density at radius 2 is 2.14 bits per heavy atom. The molecule has 0 atom stereocenters. The third-order valence-corrected chi connectivity index (χ3v) is 2.55. The summed E-state index contributed by atoms with van der Waals surface area (Å²) in [7, 11) is 1.62. The summed E-state index contributed by atoms with van der Waals surface area (Å²) in [5.74, 6) is 0.510. The lowest BCUT2D eigenvalue weighted by atomic mass is 10.3. The van der Waals surface area contributed by atoms with Crippen molar-refractivity contribution < 1.29 is 13.9 Å². The van der Waals surface area contributed by atoms with Crippen molar-refractivity contribution in [3.63, 3.8) is 0 Å². The monoisotopic (exact) mass is 335 g/mol. The average Bonchev–Trinajstić information content (AvgIpc) is 2.74. The first kappa shape index (κ1) is 19.7. The van der Waals surface area contributed by atoms with Crippen LogP contribution in [0.2, 0.25) is 0 Å². The van der Waals surface area contributed by atoms with E-state index in [-0.39, 0.29) is 37.3 Å². The van der Waals surface area contributed by atoms with E-state index in [0.29, 0.717) is 30.3 Å². The van der Waals surface area contributed by atoms with Crippen LogP contribution in [0.5, 0.6) is 0 Å². The molecule has 6 nitrogen and oxygen atoms in total. The maximum atomic E-state index is 11.7. The fourth-order valence-electron chi connectivity index (χ4n) is 1.70. The van der Waals surface area contributed by atoms with Gasteiger partial charge in [0.25, 0.3) is 0 Å². The van der Waals surface area contributed by atoms with Gasteiger partial charge in [0.1, 0.15) is 5.52 Å². The summed E-state index contributed by atoms with van der Waals surface area (Å²) in [5, 5.41) is 5.77. The molecule has 0 aliphatic carbocycles. The highest BCUT2D eigenvalue weighted by molar-refractivity contribution is 5.94. The third-order valence-electron chi connectivity index (χ3n) is 2.55. The lowest BCUT2D eigenvalue weighted by Gasteiger charge is -2.06. The highest BCUT2D eigenvalue weighted by atomic mass is 35.5. The van der Waals surface area contributed by atoms with Gasteiger partial charge in [0.15, 0.2) is 11.5 Å². The number of amides is 1. The first-order valence-corrected chi connectivity index (χ1v) is 6.06. The van der Waals surface area contributed by atoms with E-state index in [1.54, 1.807) is 32.2 Å². The number of carbonyl (C=O) groups is 1. The SMILES string of the molecule is COCCNCC(=O)Nc1ccc2oc(C)nc2c1.Cl.Cl. The minimum Gasteiger partial charge on any atom is -0.441 e. The molecule has 1 heterocycles. The van der Waals surface area contributed by atoms with Gasteiger partial charge in [-0.05, 0) is 18.2 Å². The van der Waals surface area contributed by atoms with Gasteiger partial charge in [-0.15, -0.1) is 24.8 Å². The topological polar surface area (TPSA) is 76.4 Å². The van der Waals surface area contributed by atoms with E-state index < -0.39 is 0 Å². The Labute approximate surface area is 135 Å². The van der Waals surface area contributed by atoms with Crippen LogP contribution in [0.15, 0.2) is 22.6 Å². The summed E-state index contributed by atoms with van der Waals surface area (Å²) in [6.07, 6.45) is 0. The highest BCUT2D eigenvalue weighted by Gasteiger charge is 2.05. The number of fused-ring (bicyclic) bond motifs is 1. The first-order chi connectivity index (χ1) is 9.19. The molecule has 1 amide bonds. The fraction of sp³-hybridized carbons (Fsp3) is 0.385. The van der Waals surface area contributed by atoms with Crippen LogP contribution in [0.1, 0.15) is 5.89 Å². The minimum atomic E-state index is -0.101. The minimum absolute atomic E-state index is 0. The van der Waals surface area contributed by atoms with Gasteiger partial charge in [0.2, 0.25) is 5.91 Å². The molecule has 1 aromatic heterocycles. The summed E-state index contributed by atoms with van der Waals surface area (Å²) in [5.41, 5.74) is 2.16. The van der Waals surface area contributed by atoms with Crippen molar-refractivity contribution in [2.24, 2.45) is 0 Å². The van der Waals surface area contributed by atoms with Crippen LogP contribution in [0.3, 0.4) is 0 Å². The molecule has 8 heteroatoms. The zero-order valence-electron chi connectivity index (χ0n) is 11.8. The molecule has 0 saturated carbocycles. The predicted octanol–water partition coefficient (Wildman–Crippen LogP) is 2.15. The molecule has 0 aliphatic heterocycles. The smallest absolute Gasteiger partial charge is 0.238 e. The molecular weight excluding hydrogens is 317 g/mol. The second kappa shape index (κ2) is 9.57. The molecule has 118 valence electrons. The number of hydrogen-bond acceptors (Lipinski definition) is 5. The summed E-state index contributed by atoms with van der Waals surface area (Å²) in [6, 6.07) is 5.38. The Morgan fingerprint density at radius 3 is 2.86 bits per heavy atom. The number of nitrogens with zero attached hydrogens (tertiary/aromatic N) is 1. The van der Waals surface area contributed by atoms with E-state index in [1.165, 1.54) is 0 Å². The normalized spacial score (nSPS) is 9.81. The molecule has 21 heavy (non-hydrogen) atoms. The molecule has 0 unspecified atom stereocenters. The maximum Gasteiger partial charge on any atom is 0.238 e. The maximum absolute atomic E-state index is 11.7. The van der Waals surface area contributed by atoms with Gasteiger partial charge >= 0.3 is 0 Å². The van der Waals surface area contributed by atoms with Crippen molar-refractivity contribution in [3.8, 4) is 0 Å². The molecular formula is C13H19Cl2N3O3. The van der Waals surface area contributed by atoms with E-state index >= 15 is 0 Å². The number of aromatic nitrogens is 1. The molecule has 0 fully saturated rings. The van der Waals surface area contributed by atoms with Crippen molar-refractivity contribution in [1.29, 1.82) is 0 Å². The lowest BCUT2D eigenvalue weighted by Crippen LogP contribution is -2.30. The fourth-order valence-corrected chi connectivity index (χ4v) is 1.70. The number of oxazole rings is 1. The number of ether oxygens (including phenoxy) is 1. The largest absolute Gasteiger partial charge is 0.441 e. The van der Waals surface area contributed by atoms with Crippen LogP contribution in [0.4, 0.5) is 5.69 Å². The number of nitrogens with one attached hydrogen (secondary N) is 2. The van der Waals surface area contributed by atoms with Gasteiger partial charge in [-0.1, -0.05) is 0 Å². The van der Waals surface area contributed by atoms with Crippen LogP contribution < -0.4 is 10.6 Å². The van der Waals surface area contributed by atoms with Gasteiger partial charge in [-0.2, -0.15) is 0 Å². The zero-order chi connectivity index (χ0) is 13.7. The van der Waals surface area contributed by atoms with Gasteiger partial charge in [-0.3, -0.25) is 4.79 Å². The molecule has 0 spiro atoms. The Hall–Kier alpha value is -1.34. The predicted molar refractivity (Wildman–Crippen MR) is 86.6 cm³/mol. The summed E-state index contributed by atoms with van der Waals surface area (Å²) in [4.78, 5) is 15.9. The molecule has 0 saturated heterocycles. The highest BCUT2D eigenvalue weighted by Crippen LogP contribution is 2.19. The number of methoxy groups -OCH3 is 1. The molecule has 2 N–H and O–H groups in total. The molecule has 0 bridgehead atoms. The van der Waals surface area contributed by atoms with Crippen molar-refractivity contribution in [2.45, 2.75) is 6.92 Å². The van der Waals surface area contributed by atoms with Crippen molar-refractivity contribution >= 4 is 47.5 Å². The second-order valence-corrected chi connectivity index (χ2v) is 4.13. The van der Waals surface area contributed by atoms with Crippen molar-refractivity contribution in [1.82, 2.24) is 10.3 Å². The van der Waals surface area contributed by atoms with E-state index in [4.69, 9.17) is 9.15 Å². The number of rotatable bonds is 6. The van der Waals surface area contributed by atoms with Gasteiger partial charge < -0.3 is 19.8 Å². The number of anilines is 1. The molecule has 1 aromatic carbocycles. The summed E-state index contributed by atoms with van der Waals surface area (Å²) in [6.45, 7) is 3.26. The second-order valence-electron chi connectivity index (χ2n) is 4.13. The van der Waals surface area contributed by atoms with Crippen LogP contribution in [0.25, 0.3) is 11.1 Å². The number of benzene rings is 1. The van der Waals surface area contributed by atoms with Crippen LogP contribution in [-0.4, -0.2) is 37.7 Å². The number of carbonyl (C=O) groups excluding carboxylic acids is 1. The molecule has 2 aromatic rings. The first-order valence-electron chi connectivity index (χ1n) is 6.06. The number of aryl methyl sites for hydroxylation is 1. The quantitative estimate of drug-likeness (QED) is 0.791. The number of hydrogen-bond donors (Lipinski definition) is 2. The average molecular weight is 336 g/mol. The number of halogens is 2. The van der Waals surface area contributed by atoms with E-state index in [9.17, 15) is 4.79 Å². The summed E-state index contributed by atoms with van der Waals surface area (Å²) < 4.78 is 10.2. The molecule has 0 radical (unpaired) electrons. The van der Waals surface area contributed by atoms with Crippen LogP contribution in [-0.2, 0) is 9.53 Å². The van der Waals surface area contributed by atoms with Gasteiger partial charge in [0.05, 0.1) is 13.2 Å². The van der Waals surface area contributed by atoms with Crippen LogP contribution >= 0.6 is 24.8 Å². The van der Waals surface area contributed by atoms with E-state index in [2.05, 4.69) is 15.6 Å². The Balaban J connectivity index is 0.00000200.